The molecule has 0 saturated heterocycles. The van der Waals surface area contributed by atoms with Crippen molar-refractivity contribution in [2.24, 2.45) is 0 Å². The molecule has 0 spiro atoms. The summed E-state index contributed by atoms with van der Waals surface area (Å²) in [7, 11) is -4.25. The lowest BCUT2D eigenvalue weighted by Crippen LogP contribution is -2.54. The zero-order chi connectivity index (χ0) is 32.6. The Balaban J connectivity index is 1.81. The van der Waals surface area contributed by atoms with Crippen molar-refractivity contribution < 1.29 is 22.4 Å². The van der Waals surface area contributed by atoms with E-state index in [9.17, 15) is 18.0 Å². The summed E-state index contributed by atoms with van der Waals surface area (Å²) in [4.78, 5) is 29.5. The zero-order valence-electron chi connectivity index (χ0n) is 25.5. The first-order valence-corrected chi connectivity index (χ1v) is 16.5. The highest BCUT2D eigenvalue weighted by Gasteiger charge is 2.35. The maximum Gasteiger partial charge on any atom is 0.264 e. The van der Waals surface area contributed by atoms with Gasteiger partial charge in [0.1, 0.15) is 18.4 Å². The lowest BCUT2D eigenvalue weighted by Gasteiger charge is -2.34. The fraction of sp³-hybridized carbons (Fsp3) is 0.257. The Morgan fingerprint density at radius 1 is 0.889 bits per heavy atom. The Kier molecular flexibility index (Phi) is 11.4. The molecule has 4 aromatic carbocycles. The molecule has 0 bridgehead atoms. The predicted octanol–water partition coefficient (Wildman–Crippen LogP) is 6.54. The van der Waals surface area contributed by atoms with Crippen LogP contribution in [0.5, 0.6) is 0 Å². The fourth-order valence-electron chi connectivity index (χ4n) is 4.78. The minimum atomic E-state index is -4.25. The number of aryl methyl sites for hydroxylation is 1. The normalized spacial score (nSPS) is 12.6. The highest BCUT2D eigenvalue weighted by Crippen LogP contribution is 2.27. The Morgan fingerprint density at radius 3 is 2.13 bits per heavy atom. The highest BCUT2D eigenvalue weighted by atomic mass is 35.5. The number of nitrogens with zero attached hydrogens (tertiary/aromatic N) is 2. The Hall–Kier alpha value is -4.21. The number of hydrogen-bond acceptors (Lipinski definition) is 4. The van der Waals surface area contributed by atoms with Crippen molar-refractivity contribution in [2.75, 3.05) is 10.8 Å². The molecule has 0 aromatic heterocycles. The molecule has 0 radical (unpaired) electrons. The van der Waals surface area contributed by atoms with Crippen LogP contribution in [-0.4, -0.2) is 43.8 Å². The molecule has 0 aliphatic rings. The molecule has 4 rings (SSSR count). The first-order valence-electron chi connectivity index (χ1n) is 14.7. The molecule has 0 fully saturated rings. The molecule has 4 aromatic rings. The first-order chi connectivity index (χ1) is 21.5. The van der Waals surface area contributed by atoms with Gasteiger partial charge in [-0.05, 0) is 68.3 Å². The van der Waals surface area contributed by atoms with E-state index < -0.39 is 40.2 Å². The van der Waals surface area contributed by atoms with Gasteiger partial charge in [-0.2, -0.15) is 0 Å². The number of anilines is 1. The van der Waals surface area contributed by atoms with E-state index in [0.29, 0.717) is 11.4 Å². The molecule has 0 saturated carbocycles. The van der Waals surface area contributed by atoms with Gasteiger partial charge in [-0.25, -0.2) is 12.8 Å². The van der Waals surface area contributed by atoms with Crippen molar-refractivity contribution in [3.05, 3.63) is 131 Å². The summed E-state index contributed by atoms with van der Waals surface area (Å²) in [5.74, 6) is -1.64. The van der Waals surface area contributed by atoms with E-state index in [4.69, 9.17) is 11.6 Å². The van der Waals surface area contributed by atoms with Gasteiger partial charge < -0.3 is 10.2 Å². The van der Waals surface area contributed by atoms with Gasteiger partial charge in [-0.3, -0.25) is 13.9 Å². The Morgan fingerprint density at radius 2 is 1.51 bits per heavy atom. The first kappa shape index (κ1) is 33.7. The number of halogens is 2. The van der Waals surface area contributed by atoms with E-state index in [0.717, 1.165) is 15.4 Å². The van der Waals surface area contributed by atoms with E-state index in [1.54, 1.807) is 30.3 Å². The summed E-state index contributed by atoms with van der Waals surface area (Å²) in [5.41, 5.74) is 2.06. The van der Waals surface area contributed by atoms with Crippen LogP contribution in [0.3, 0.4) is 0 Å². The van der Waals surface area contributed by atoms with Gasteiger partial charge in [0.2, 0.25) is 11.8 Å². The maximum atomic E-state index is 15.0. The van der Waals surface area contributed by atoms with Crippen molar-refractivity contribution in [2.45, 2.75) is 57.1 Å². The summed E-state index contributed by atoms with van der Waals surface area (Å²) >= 11 is 6.11. The monoisotopic (exact) mass is 649 g/mol. The number of carbonyl (C=O) groups is 2. The van der Waals surface area contributed by atoms with Gasteiger partial charge in [-0.1, -0.05) is 84.8 Å². The average molecular weight is 650 g/mol. The minimum Gasteiger partial charge on any atom is -0.352 e. The third-order valence-corrected chi connectivity index (χ3v) is 9.61. The minimum absolute atomic E-state index is 0.00754. The molecule has 0 aliphatic heterocycles. The van der Waals surface area contributed by atoms with Crippen LogP contribution in [0.2, 0.25) is 5.02 Å². The smallest absolute Gasteiger partial charge is 0.264 e. The molecule has 236 valence electrons. The third kappa shape index (κ3) is 8.71. The van der Waals surface area contributed by atoms with Crippen LogP contribution in [0.25, 0.3) is 0 Å². The summed E-state index contributed by atoms with van der Waals surface area (Å²) in [6.45, 7) is 4.73. The lowest BCUT2D eigenvalue weighted by molar-refractivity contribution is -0.140. The number of carbonyl (C=O) groups excluding carboxylic acids is 2. The van der Waals surface area contributed by atoms with Crippen LogP contribution in [0.15, 0.2) is 108 Å². The zero-order valence-corrected chi connectivity index (χ0v) is 27.1. The van der Waals surface area contributed by atoms with E-state index in [-0.39, 0.29) is 35.2 Å². The van der Waals surface area contributed by atoms with E-state index in [1.807, 2.05) is 51.1 Å². The number of hydrogen-bond donors (Lipinski definition) is 1. The van der Waals surface area contributed by atoms with Crippen molar-refractivity contribution in [1.82, 2.24) is 10.2 Å². The van der Waals surface area contributed by atoms with Crippen molar-refractivity contribution in [1.29, 1.82) is 0 Å². The second-order valence-electron chi connectivity index (χ2n) is 10.9. The predicted molar refractivity (Wildman–Crippen MR) is 176 cm³/mol. The maximum absolute atomic E-state index is 15.0. The molecule has 2 atom stereocenters. The summed E-state index contributed by atoms with van der Waals surface area (Å²) in [5, 5.41) is 3.36. The van der Waals surface area contributed by atoms with Gasteiger partial charge in [0.25, 0.3) is 10.0 Å². The molecular weight excluding hydrogens is 613 g/mol. The van der Waals surface area contributed by atoms with E-state index in [1.165, 1.54) is 47.4 Å². The van der Waals surface area contributed by atoms with Gasteiger partial charge in [0, 0.05) is 29.6 Å². The van der Waals surface area contributed by atoms with Crippen LogP contribution < -0.4 is 9.62 Å². The number of sulfonamides is 1. The SMILES string of the molecule is CC[C@@H](C)NC(=O)[C@@H](Cc1ccccc1)N(Cc1ccccc1F)C(=O)CN(c1ccc(Cl)cc1)S(=O)(=O)c1ccc(C)cc1. The van der Waals surface area contributed by atoms with Crippen LogP contribution in [0.4, 0.5) is 10.1 Å². The molecule has 0 unspecified atom stereocenters. The van der Waals surface area contributed by atoms with Crippen molar-refractivity contribution >= 4 is 39.1 Å². The molecular formula is C35H37ClFN3O4S. The topological polar surface area (TPSA) is 86.8 Å². The van der Waals surface area contributed by atoms with Crippen LogP contribution in [0.1, 0.15) is 37.0 Å². The van der Waals surface area contributed by atoms with Gasteiger partial charge in [0.15, 0.2) is 0 Å². The number of rotatable bonds is 13. The summed E-state index contributed by atoms with van der Waals surface area (Å²) in [6, 6.07) is 26.4. The fourth-order valence-corrected chi connectivity index (χ4v) is 6.32. The second-order valence-corrected chi connectivity index (χ2v) is 13.2. The molecule has 2 amide bonds. The summed E-state index contributed by atoms with van der Waals surface area (Å²) in [6.07, 6.45) is 0.791. The van der Waals surface area contributed by atoms with Gasteiger partial charge >= 0.3 is 0 Å². The number of nitrogens with one attached hydrogen (secondary N) is 1. The standard InChI is InChI=1S/C35H37ClFN3O4S/c1-4-26(3)38-35(42)33(22-27-10-6-5-7-11-27)39(23-28-12-8-9-13-32(28)37)34(41)24-40(30-18-16-29(36)17-19-30)45(43,44)31-20-14-25(2)15-21-31/h5-21,26,33H,4,22-24H2,1-3H3,(H,38,42)/t26-,33-/m1/s1. The third-order valence-electron chi connectivity index (χ3n) is 7.57. The molecule has 1 N–H and O–H groups in total. The summed E-state index contributed by atoms with van der Waals surface area (Å²) < 4.78 is 44.1. The lowest BCUT2D eigenvalue weighted by atomic mass is 10.0. The molecule has 0 aliphatic carbocycles. The van der Waals surface area contributed by atoms with Crippen LogP contribution in [-0.2, 0) is 32.6 Å². The quantitative estimate of drug-likeness (QED) is 0.178. The average Bonchev–Trinajstić information content (AvgIpc) is 3.03. The molecule has 10 heteroatoms. The van der Waals surface area contributed by atoms with Crippen molar-refractivity contribution in [3.8, 4) is 0 Å². The van der Waals surface area contributed by atoms with E-state index in [2.05, 4.69) is 5.32 Å². The second kappa shape index (κ2) is 15.2. The number of amides is 2. The van der Waals surface area contributed by atoms with Crippen LogP contribution >= 0.6 is 11.6 Å². The Bertz CT molecular complexity index is 1700. The van der Waals surface area contributed by atoms with E-state index >= 15 is 4.39 Å². The molecule has 0 heterocycles. The highest BCUT2D eigenvalue weighted by molar-refractivity contribution is 7.92. The van der Waals surface area contributed by atoms with Crippen LogP contribution in [0, 0.1) is 12.7 Å². The molecule has 45 heavy (non-hydrogen) atoms. The Labute approximate surface area is 269 Å². The van der Waals surface area contributed by atoms with Crippen molar-refractivity contribution in [3.63, 3.8) is 0 Å². The number of benzene rings is 4. The van der Waals surface area contributed by atoms with Gasteiger partial charge in [-0.15, -0.1) is 0 Å². The largest absolute Gasteiger partial charge is 0.352 e. The molecule has 7 nitrogen and oxygen atoms in total. The van der Waals surface area contributed by atoms with Gasteiger partial charge in [0.05, 0.1) is 10.6 Å².